The molecule has 7 heteroatoms. The molecule has 6 nitrogen and oxygen atoms in total. The highest BCUT2D eigenvalue weighted by Gasteiger charge is 2.33. The largest absolute Gasteiger partial charge is 0.273 e. The molecular formula is C23H27N3O3S. The molecule has 1 aliphatic rings. The minimum Gasteiger partial charge on any atom is -0.273 e. The third-order valence-corrected chi connectivity index (χ3v) is 6.93. The number of carbonyl (C=O) groups excluding carboxylic acids is 1. The standard InChI is InChI=1S/C23H27N3O3S/c1-18-10-12-22(13-11-18)30(28,29)26-14-6-9-21(17-26)23(27)25-24-16-19(2)15-20-7-4-3-5-8-20/h3-5,7-8,10-13,15-16,21H,6,9,14,17H2,1-2H3,(H,25,27)/b19-15+,24-16-/t21-/m0/s1. The van der Waals surface area contributed by atoms with E-state index in [1.165, 1.54) is 4.31 Å². The van der Waals surface area contributed by atoms with Gasteiger partial charge in [0.05, 0.1) is 17.0 Å². The van der Waals surface area contributed by atoms with Gasteiger partial charge in [0.2, 0.25) is 15.9 Å². The smallest absolute Gasteiger partial charge is 0.244 e. The number of hydrogen-bond acceptors (Lipinski definition) is 4. The van der Waals surface area contributed by atoms with Gasteiger partial charge in [0, 0.05) is 13.1 Å². The number of rotatable bonds is 6. The summed E-state index contributed by atoms with van der Waals surface area (Å²) in [7, 11) is -3.61. The molecule has 0 aliphatic carbocycles. The Bertz CT molecular complexity index is 1030. The molecule has 0 bridgehead atoms. The number of benzene rings is 2. The summed E-state index contributed by atoms with van der Waals surface area (Å²) in [5.74, 6) is -0.683. The van der Waals surface area contributed by atoms with Crippen molar-refractivity contribution in [3.8, 4) is 0 Å². The number of carbonyl (C=O) groups is 1. The van der Waals surface area contributed by atoms with Gasteiger partial charge in [0.25, 0.3) is 0 Å². The van der Waals surface area contributed by atoms with Crippen molar-refractivity contribution in [1.82, 2.24) is 9.73 Å². The molecule has 0 unspecified atom stereocenters. The number of hydrazone groups is 1. The number of hydrogen-bond donors (Lipinski definition) is 1. The van der Waals surface area contributed by atoms with E-state index in [-0.39, 0.29) is 17.3 Å². The van der Waals surface area contributed by atoms with E-state index in [0.717, 1.165) is 16.7 Å². The summed E-state index contributed by atoms with van der Waals surface area (Å²) in [5.41, 5.74) is 5.51. The lowest BCUT2D eigenvalue weighted by Gasteiger charge is -2.30. The van der Waals surface area contributed by atoms with E-state index in [1.807, 2.05) is 50.3 Å². The van der Waals surface area contributed by atoms with Crippen molar-refractivity contribution in [2.75, 3.05) is 13.1 Å². The lowest BCUT2D eigenvalue weighted by molar-refractivity contribution is -0.126. The highest BCUT2D eigenvalue weighted by molar-refractivity contribution is 7.89. The van der Waals surface area contributed by atoms with E-state index in [2.05, 4.69) is 10.5 Å². The second kappa shape index (κ2) is 9.82. The van der Waals surface area contributed by atoms with Crippen LogP contribution in [0, 0.1) is 12.8 Å². The Morgan fingerprint density at radius 3 is 2.53 bits per heavy atom. The lowest BCUT2D eigenvalue weighted by Crippen LogP contribution is -2.44. The van der Waals surface area contributed by atoms with Crippen LogP contribution < -0.4 is 5.43 Å². The van der Waals surface area contributed by atoms with Crippen LogP contribution in [0.1, 0.15) is 30.9 Å². The van der Waals surface area contributed by atoms with Crippen LogP contribution in [0.4, 0.5) is 0 Å². The van der Waals surface area contributed by atoms with Gasteiger partial charge in [-0.15, -0.1) is 0 Å². The fraction of sp³-hybridized carbons (Fsp3) is 0.304. The minimum atomic E-state index is -3.61. The van der Waals surface area contributed by atoms with E-state index in [9.17, 15) is 13.2 Å². The Hall–Kier alpha value is -2.77. The quantitative estimate of drug-likeness (QED) is 0.567. The van der Waals surface area contributed by atoms with E-state index in [1.54, 1.807) is 30.5 Å². The van der Waals surface area contributed by atoms with E-state index >= 15 is 0 Å². The second-order valence-corrected chi connectivity index (χ2v) is 9.49. The molecule has 1 heterocycles. The third-order valence-electron chi connectivity index (χ3n) is 5.05. The maximum atomic E-state index is 12.9. The van der Waals surface area contributed by atoms with Crippen LogP contribution in [0.25, 0.3) is 6.08 Å². The Labute approximate surface area is 178 Å². The normalized spacial score (nSPS) is 18.5. The fourth-order valence-electron chi connectivity index (χ4n) is 3.37. The van der Waals surface area contributed by atoms with E-state index in [0.29, 0.717) is 19.4 Å². The SMILES string of the molecule is CC(/C=N\NC(=O)[C@H]1CCCN(S(=O)(=O)c2ccc(C)cc2)C1)=C\c1ccccc1. The highest BCUT2D eigenvalue weighted by atomic mass is 32.2. The van der Waals surface area contributed by atoms with Crippen molar-refractivity contribution in [3.05, 3.63) is 71.3 Å². The number of nitrogens with one attached hydrogen (secondary N) is 1. The summed E-state index contributed by atoms with van der Waals surface area (Å²) in [6, 6.07) is 16.6. The van der Waals surface area contributed by atoms with Gasteiger partial charge in [0.15, 0.2) is 0 Å². The van der Waals surface area contributed by atoms with Gasteiger partial charge < -0.3 is 0 Å². The molecule has 0 radical (unpaired) electrons. The second-order valence-electron chi connectivity index (χ2n) is 7.55. The minimum absolute atomic E-state index is 0.163. The molecule has 1 fully saturated rings. The van der Waals surface area contributed by atoms with Crippen LogP contribution in [-0.4, -0.2) is 37.9 Å². The third kappa shape index (κ3) is 5.64. The first-order valence-electron chi connectivity index (χ1n) is 9.99. The lowest BCUT2D eigenvalue weighted by atomic mass is 9.99. The molecule has 1 aliphatic heterocycles. The van der Waals surface area contributed by atoms with Gasteiger partial charge >= 0.3 is 0 Å². The summed E-state index contributed by atoms with van der Waals surface area (Å²) in [4.78, 5) is 12.8. The maximum Gasteiger partial charge on any atom is 0.244 e. The molecule has 1 N–H and O–H groups in total. The predicted octanol–water partition coefficient (Wildman–Crippen LogP) is 3.60. The molecule has 1 atom stereocenters. The molecular weight excluding hydrogens is 398 g/mol. The first-order valence-corrected chi connectivity index (χ1v) is 11.4. The molecule has 1 amide bonds. The van der Waals surface area contributed by atoms with Gasteiger partial charge in [0.1, 0.15) is 0 Å². The molecule has 0 saturated carbocycles. The van der Waals surface area contributed by atoms with Crippen molar-refractivity contribution < 1.29 is 13.2 Å². The fourth-order valence-corrected chi connectivity index (χ4v) is 4.90. The highest BCUT2D eigenvalue weighted by Crippen LogP contribution is 2.24. The van der Waals surface area contributed by atoms with Crippen LogP contribution >= 0.6 is 0 Å². The van der Waals surface area contributed by atoms with Gasteiger partial charge in [-0.1, -0.05) is 54.1 Å². The van der Waals surface area contributed by atoms with Gasteiger partial charge in [-0.2, -0.15) is 9.41 Å². The number of piperidine rings is 1. The zero-order chi connectivity index (χ0) is 21.6. The number of aryl methyl sites for hydroxylation is 1. The Morgan fingerprint density at radius 1 is 1.13 bits per heavy atom. The Balaban J connectivity index is 1.60. The topological polar surface area (TPSA) is 78.8 Å². The Kier molecular flexibility index (Phi) is 7.18. The van der Waals surface area contributed by atoms with Crippen LogP contribution in [0.15, 0.2) is 70.2 Å². The monoisotopic (exact) mass is 425 g/mol. The Morgan fingerprint density at radius 2 is 1.83 bits per heavy atom. The average Bonchev–Trinajstić information content (AvgIpc) is 2.75. The maximum absolute atomic E-state index is 12.9. The molecule has 0 spiro atoms. The van der Waals surface area contributed by atoms with Gasteiger partial charge in [-0.3, -0.25) is 4.79 Å². The molecule has 3 rings (SSSR count). The molecule has 0 aromatic heterocycles. The van der Waals surface area contributed by atoms with Crippen LogP contribution in [0.5, 0.6) is 0 Å². The summed E-state index contributed by atoms with van der Waals surface area (Å²) in [6.45, 7) is 4.40. The first kappa shape index (κ1) is 21.9. The average molecular weight is 426 g/mol. The van der Waals surface area contributed by atoms with Crippen molar-refractivity contribution >= 4 is 28.2 Å². The predicted molar refractivity (Wildman–Crippen MR) is 119 cm³/mol. The summed E-state index contributed by atoms with van der Waals surface area (Å²) >= 11 is 0. The van der Waals surface area contributed by atoms with E-state index < -0.39 is 15.9 Å². The summed E-state index contributed by atoms with van der Waals surface area (Å²) < 4.78 is 27.2. The van der Waals surface area contributed by atoms with Gasteiger partial charge in [-0.05, 0) is 50.0 Å². The van der Waals surface area contributed by atoms with Crippen molar-refractivity contribution in [3.63, 3.8) is 0 Å². The first-order chi connectivity index (χ1) is 14.4. The molecule has 30 heavy (non-hydrogen) atoms. The van der Waals surface area contributed by atoms with Crippen molar-refractivity contribution in [2.45, 2.75) is 31.6 Å². The number of amides is 1. The zero-order valence-corrected chi connectivity index (χ0v) is 18.1. The van der Waals surface area contributed by atoms with Gasteiger partial charge in [-0.25, -0.2) is 13.8 Å². The molecule has 2 aromatic rings. The van der Waals surface area contributed by atoms with Crippen LogP contribution in [0.3, 0.4) is 0 Å². The number of nitrogens with zero attached hydrogens (tertiary/aromatic N) is 2. The van der Waals surface area contributed by atoms with Crippen LogP contribution in [-0.2, 0) is 14.8 Å². The summed E-state index contributed by atoms with van der Waals surface area (Å²) in [6.07, 6.45) is 4.83. The van der Waals surface area contributed by atoms with E-state index in [4.69, 9.17) is 0 Å². The molecule has 2 aromatic carbocycles. The molecule has 158 valence electrons. The van der Waals surface area contributed by atoms with Crippen LogP contribution in [0.2, 0.25) is 0 Å². The number of allylic oxidation sites excluding steroid dienone is 1. The van der Waals surface area contributed by atoms with Crippen molar-refractivity contribution in [1.29, 1.82) is 0 Å². The molecule has 1 saturated heterocycles. The van der Waals surface area contributed by atoms with Crippen molar-refractivity contribution in [2.24, 2.45) is 11.0 Å². The summed E-state index contributed by atoms with van der Waals surface area (Å²) in [5, 5.41) is 4.04. The zero-order valence-electron chi connectivity index (χ0n) is 17.3. The number of sulfonamides is 1.